The number of hydrogen-bond acceptors (Lipinski definition) is 3. The van der Waals surface area contributed by atoms with Gasteiger partial charge in [-0.25, -0.2) is 0 Å². The standard InChI is InChI=1S/C19H23ClN2O2/c1-14-3-10-18(24-14)12-21(2)19(23)13-22(17-8-9-17)11-15-4-6-16(20)7-5-15/h3-7,10,17H,8-9,11-13H2,1-2H3. The van der Waals surface area contributed by atoms with Gasteiger partial charge in [-0.05, 0) is 49.6 Å². The van der Waals surface area contributed by atoms with Crippen LogP contribution >= 0.6 is 11.6 Å². The Morgan fingerprint density at radius 3 is 2.46 bits per heavy atom. The van der Waals surface area contributed by atoms with E-state index in [1.807, 2.05) is 50.4 Å². The molecule has 5 heteroatoms. The molecule has 0 spiro atoms. The molecular formula is C19H23ClN2O2. The Labute approximate surface area is 148 Å². The van der Waals surface area contributed by atoms with Gasteiger partial charge in [0.2, 0.25) is 5.91 Å². The number of hydrogen-bond donors (Lipinski definition) is 0. The lowest BCUT2D eigenvalue weighted by molar-refractivity contribution is -0.132. The maximum absolute atomic E-state index is 12.6. The van der Waals surface area contributed by atoms with E-state index in [1.54, 1.807) is 4.90 Å². The minimum atomic E-state index is 0.116. The van der Waals surface area contributed by atoms with E-state index in [1.165, 1.54) is 18.4 Å². The number of amides is 1. The number of furan rings is 1. The second-order valence-electron chi connectivity index (χ2n) is 6.52. The van der Waals surface area contributed by atoms with E-state index < -0.39 is 0 Å². The summed E-state index contributed by atoms with van der Waals surface area (Å²) in [6, 6.07) is 12.2. The summed E-state index contributed by atoms with van der Waals surface area (Å²) in [7, 11) is 1.83. The molecule has 3 rings (SSSR count). The normalized spacial score (nSPS) is 14.2. The van der Waals surface area contributed by atoms with Crippen LogP contribution in [0.1, 0.15) is 29.9 Å². The Morgan fingerprint density at radius 1 is 1.17 bits per heavy atom. The zero-order valence-electron chi connectivity index (χ0n) is 14.2. The molecule has 1 aromatic carbocycles. The fraction of sp³-hybridized carbons (Fsp3) is 0.421. The first-order valence-electron chi connectivity index (χ1n) is 8.29. The van der Waals surface area contributed by atoms with Crippen molar-refractivity contribution in [1.29, 1.82) is 0 Å². The van der Waals surface area contributed by atoms with E-state index in [-0.39, 0.29) is 5.91 Å². The smallest absolute Gasteiger partial charge is 0.236 e. The molecule has 1 aromatic heterocycles. The van der Waals surface area contributed by atoms with Gasteiger partial charge in [-0.2, -0.15) is 0 Å². The average molecular weight is 347 g/mol. The second-order valence-corrected chi connectivity index (χ2v) is 6.96. The molecule has 0 N–H and O–H groups in total. The third-order valence-corrected chi connectivity index (χ3v) is 4.57. The van der Waals surface area contributed by atoms with E-state index in [2.05, 4.69) is 4.90 Å². The third kappa shape index (κ3) is 4.62. The van der Waals surface area contributed by atoms with Gasteiger partial charge in [0.15, 0.2) is 0 Å². The largest absolute Gasteiger partial charge is 0.464 e. The molecule has 1 heterocycles. The Kier molecular flexibility index (Phi) is 5.27. The predicted octanol–water partition coefficient (Wildman–Crippen LogP) is 3.86. The first-order chi connectivity index (χ1) is 11.5. The highest BCUT2D eigenvalue weighted by atomic mass is 35.5. The zero-order valence-corrected chi connectivity index (χ0v) is 14.9. The molecule has 24 heavy (non-hydrogen) atoms. The van der Waals surface area contributed by atoms with Crippen molar-refractivity contribution in [3.8, 4) is 0 Å². The molecule has 1 aliphatic rings. The van der Waals surface area contributed by atoms with Gasteiger partial charge >= 0.3 is 0 Å². The van der Waals surface area contributed by atoms with Crippen LogP contribution in [-0.4, -0.2) is 35.3 Å². The van der Waals surface area contributed by atoms with Gasteiger partial charge < -0.3 is 9.32 Å². The molecule has 0 bridgehead atoms. The second kappa shape index (κ2) is 7.41. The van der Waals surface area contributed by atoms with Crippen LogP contribution in [0.2, 0.25) is 5.02 Å². The van der Waals surface area contributed by atoms with Crippen molar-refractivity contribution in [1.82, 2.24) is 9.80 Å². The highest BCUT2D eigenvalue weighted by Crippen LogP contribution is 2.28. The van der Waals surface area contributed by atoms with Crippen molar-refractivity contribution in [3.63, 3.8) is 0 Å². The summed E-state index contributed by atoms with van der Waals surface area (Å²) in [5.74, 6) is 1.80. The van der Waals surface area contributed by atoms with Crippen molar-refractivity contribution in [2.75, 3.05) is 13.6 Å². The molecule has 1 aliphatic carbocycles. The predicted molar refractivity (Wildman–Crippen MR) is 94.8 cm³/mol. The van der Waals surface area contributed by atoms with Gasteiger partial charge in [0, 0.05) is 24.7 Å². The molecule has 0 unspecified atom stereocenters. The fourth-order valence-electron chi connectivity index (χ4n) is 2.76. The number of aryl methyl sites for hydroxylation is 1. The van der Waals surface area contributed by atoms with Crippen LogP contribution in [0.3, 0.4) is 0 Å². The van der Waals surface area contributed by atoms with Gasteiger partial charge in [0.1, 0.15) is 11.5 Å². The molecule has 128 valence electrons. The van der Waals surface area contributed by atoms with Gasteiger partial charge in [0.25, 0.3) is 0 Å². The van der Waals surface area contributed by atoms with Crippen LogP contribution in [0.5, 0.6) is 0 Å². The Bertz CT molecular complexity index is 692. The molecule has 1 saturated carbocycles. The highest BCUT2D eigenvalue weighted by molar-refractivity contribution is 6.30. The molecule has 1 fully saturated rings. The summed E-state index contributed by atoms with van der Waals surface area (Å²) in [6.07, 6.45) is 2.34. The van der Waals surface area contributed by atoms with Crippen molar-refractivity contribution >= 4 is 17.5 Å². The van der Waals surface area contributed by atoms with E-state index in [9.17, 15) is 4.79 Å². The maximum atomic E-state index is 12.6. The van der Waals surface area contributed by atoms with Crippen molar-refractivity contribution in [3.05, 3.63) is 58.5 Å². The SMILES string of the molecule is Cc1ccc(CN(C)C(=O)CN(Cc2ccc(Cl)cc2)C2CC2)o1. The maximum Gasteiger partial charge on any atom is 0.236 e. The fourth-order valence-corrected chi connectivity index (χ4v) is 2.89. The van der Waals surface area contributed by atoms with Gasteiger partial charge in [0.05, 0.1) is 13.1 Å². The minimum absolute atomic E-state index is 0.116. The molecule has 0 radical (unpaired) electrons. The molecule has 0 atom stereocenters. The Hall–Kier alpha value is -1.78. The third-order valence-electron chi connectivity index (χ3n) is 4.32. The summed E-state index contributed by atoms with van der Waals surface area (Å²) in [5, 5.41) is 0.737. The van der Waals surface area contributed by atoms with Crippen LogP contribution in [-0.2, 0) is 17.9 Å². The van der Waals surface area contributed by atoms with Crippen LogP contribution in [0.15, 0.2) is 40.8 Å². The number of nitrogens with zero attached hydrogens (tertiary/aromatic N) is 2. The minimum Gasteiger partial charge on any atom is -0.464 e. The molecule has 1 amide bonds. The van der Waals surface area contributed by atoms with Crippen LogP contribution in [0.4, 0.5) is 0 Å². The number of likely N-dealkylation sites (N-methyl/N-ethyl adjacent to an activating group) is 1. The summed E-state index contributed by atoms with van der Waals surface area (Å²) in [4.78, 5) is 16.6. The van der Waals surface area contributed by atoms with Crippen molar-refractivity contribution in [2.45, 2.75) is 38.9 Å². The summed E-state index contributed by atoms with van der Waals surface area (Å²) < 4.78 is 5.56. The molecule has 4 nitrogen and oxygen atoms in total. The lowest BCUT2D eigenvalue weighted by Gasteiger charge is -2.24. The van der Waals surface area contributed by atoms with Gasteiger partial charge in [-0.3, -0.25) is 9.69 Å². The van der Waals surface area contributed by atoms with Crippen LogP contribution < -0.4 is 0 Å². The van der Waals surface area contributed by atoms with Crippen LogP contribution in [0, 0.1) is 6.92 Å². The van der Waals surface area contributed by atoms with Crippen LogP contribution in [0.25, 0.3) is 0 Å². The number of benzene rings is 1. The topological polar surface area (TPSA) is 36.7 Å². The van der Waals surface area contributed by atoms with E-state index >= 15 is 0 Å². The summed E-state index contributed by atoms with van der Waals surface area (Å²) in [6.45, 7) is 3.63. The number of rotatable bonds is 7. The quantitative estimate of drug-likeness (QED) is 0.763. The Morgan fingerprint density at radius 2 is 1.88 bits per heavy atom. The first kappa shape index (κ1) is 17.1. The molecule has 2 aromatic rings. The van der Waals surface area contributed by atoms with Crippen molar-refractivity contribution < 1.29 is 9.21 Å². The molecule has 0 saturated heterocycles. The lowest BCUT2D eigenvalue weighted by atomic mass is 10.2. The lowest BCUT2D eigenvalue weighted by Crippen LogP contribution is -2.38. The number of halogens is 1. The Balaban J connectivity index is 1.58. The van der Waals surface area contributed by atoms with Gasteiger partial charge in [-0.15, -0.1) is 0 Å². The van der Waals surface area contributed by atoms with E-state index in [0.717, 1.165) is 23.1 Å². The molecule has 0 aliphatic heterocycles. The average Bonchev–Trinajstić information content (AvgIpc) is 3.32. The van der Waals surface area contributed by atoms with E-state index in [0.29, 0.717) is 19.1 Å². The zero-order chi connectivity index (χ0) is 17.1. The monoisotopic (exact) mass is 346 g/mol. The summed E-state index contributed by atoms with van der Waals surface area (Å²) in [5.41, 5.74) is 1.18. The summed E-state index contributed by atoms with van der Waals surface area (Å²) >= 11 is 5.94. The number of carbonyl (C=O) groups is 1. The highest BCUT2D eigenvalue weighted by Gasteiger charge is 2.31. The van der Waals surface area contributed by atoms with E-state index in [4.69, 9.17) is 16.0 Å². The number of carbonyl (C=O) groups excluding carboxylic acids is 1. The van der Waals surface area contributed by atoms with Gasteiger partial charge in [-0.1, -0.05) is 23.7 Å². The van der Waals surface area contributed by atoms with Crippen molar-refractivity contribution in [2.24, 2.45) is 0 Å². The first-order valence-corrected chi connectivity index (χ1v) is 8.67. The molecular weight excluding hydrogens is 324 g/mol.